The Morgan fingerprint density at radius 3 is 2.68 bits per heavy atom. The van der Waals surface area contributed by atoms with Gasteiger partial charge in [0, 0.05) is 12.0 Å². The van der Waals surface area contributed by atoms with Gasteiger partial charge in [-0.25, -0.2) is 4.79 Å². The van der Waals surface area contributed by atoms with Crippen molar-refractivity contribution in [1.29, 1.82) is 0 Å². The average molecular weight is 283 g/mol. The summed E-state index contributed by atoms with van der Waals surface area (Å²) in [5.74, 6) is -1.20. The molecule has 1 aliphatic heterocycles. The number of rotatable bonds is 2. The smallest absolute Gasteiger partial charge is 0.326 e. The summed E-state index contributed by atoms with van der Waals surface area (Å²) in [6.45, 7) is 6.36. The van der Waals surface area contributed by atoms with Crippen molar-refractivity contribution in [3.8, 4) is 0 Å². The van der Waals surface area contributed by atoms with Crippen LogP contribution in [0.1, 0.15) is 49.0 Å². The third-order valence-corrected chi connectivity index (χ3v) is 3.91. The minimum absolute atomic E-state index is 0.259. The van der Waals surface area contributed by atoms with E-state index >= 15 is 0 Å². The molecule has 0 unspecified atom stereocenters. The largest absolute Gasteiger partial charge is 0.480 e. The Balaban J connectivity index is 2.30. The fourth-order valence-corrected chi connectivity index (χ4v) is 3.05. The topological polar surface area (TPSA) is 83.4 Å². The Labute approximate surface area is 115 Å². The third kappa shape index (κ3) is 2.60. The third-order valence-electron chi connectivity index (χ3n) is 3.19. The Hall–Kier alpha value is -1.50. The van der Waals surface area contributed by atoms with Crippen LogP contribution in [0.2, 0.25) is 0 Å². The number of aromatic nitrogens is 2. The summed E-state index contributed by atoms with van der Waals surface area (Å²) in [7, 11) is 0. The lowest BCUT2D eigenvalue weighted by Gasteiger charge is -2.22. The van der Waals surface area contributed by atoms with E-state index in [9.17, 15) is 9.59 Å². The van der Waals surface area contributed by atoms with Crippen molar-refractivity contribution in [2.75, 3.05) is 6.54 Å². The Morgan fingerprint density at radius 2 is 2.11 bits per heavy atom. The zero-order chi connectivity index (χ0) is 14.2. The second kappa shape index (κ2) is 4.88. The molecule has 2 heterocycles. The molecule has 1 fully saturated rings. The van der Waals surface area contributed by atoms with E-state index in [2.05, 4.69) is 9.59 Å². The van der Waals surface area contributed by atoms with Crippen LogP contribution in [0.3, 0.4) is 0 Å². The number of nitrogens with zero attached hydrogens (tertiary/aromatic N) is 3. The van der Waals surface area contributed by atoms with Crippen LogP contribution in [-0.2, 0) is 10.2 Å². The standard InChI is InChI=1S/C12H17N3O3S/c1-12(2,3)9-8(19-14-13-9)10(16)15-6-4-5-7(15)11(17)18/h7H,4-6H2,1-3H3,(H,17,18)/t7-/m0/s1. The number of carbonyl (C=O) groups is 2. The highest BCUT2D eigenvalue weighted by atomic mass is 32.1. The predicted octanol–water partition coefficient (Wildman–Crippen LogP) is 1.52. The van der Waals surface area contributed by atoms with Crippen LogP contribution in [0.25, 0.3) is 0 Å². The molecule has 0 bridgehead atoms. The molecule has 1 amide bonds. The maximum absolute atomic E-state index is 12.5. The van der Waals surface area contributed by atoms with Crippen LogP contribution in [0.5, 0.6) is 0 Å². The van der Waals surface area contributed by atoms with E-state index in [0.29, 0.717) is 23.5 Å². The molecule has 1 atom stereocenters. The molecule has 0 aliphatic carbocycles. The minimum atomic E-state index is -0.944. The van der Waals surface area contributed by atoms with Crippen molar-refractivity contribution in [2.24, 2.45) is 0 Å². The van der Waals surface area contributed by atoms with Crippen molar-refractivity contribution in [2.45, 2.75) is 45.1 Å². The summed E-state index contributed by atoms with van der Waals surface area (Å²) in [6.07, 6.45) is 1.23. The van der Waals surface area contributed by atoms with E-state index in [4.69, 9.17) is 5.11 Å². The molecule has 0 aromatic carbocycles. The van der Waals surface area contributed by atoms with E-state index in [0.717, 1.165) is 18.0 Å². The first kappa shape index (κ1) is 13.9. The second-order valence-electron chi connectivity index (χ2n) is 5.70. The molecule has 1 N–H and O–H groups in total. The zero-order valence-electron chi connectivity index (χ0n) is 11.2. The van der Waals surface area contributed by atoms with Crippen molar-refractivity contribution in [1.82, 2.24) is 14.5 Å². The maximum Gasteiger partial charge on any atom is 0.326 e. The summed E-state index contributed by atoms with van der Waals surface area (Å²) in [4.78, 5) is 25.5. The van der Waals surface area contributed by atoms with Crippen molar-refractivity contribution in [3.63, 3.8) is 0 Å². The van der Waals surface area contributed by atoms with Gasteiger partial charge in [-0.3, -0.25) is 4.79 Å². The van der Waals surface area contributed by atoms with E-state index in [1.807, 2.05) is 20.8 Å². The molecule has 0 spiro atoms. The quantitative estimate of drug-likeness (QED) is 0.889. The van der Waals surface area contributed by atoms with Gasteiger partial charge >= 0.3 is 5.97 Å². The molecular weight excluding hydrogens is 266 g/mol. The Bertz CT molecular complexity index is 507. The molecule has 7 heteroatoms. The molecule has 1 saturated heterocycles. The predicted molar refractivity (Wildman–Crippen MR) is 70.3 cm³/mol. The van der Waals surface area contributed by atoms with Gasteiger partial charge in [0.1, 0.15) is 10.9 Å². The van der Waals surface area contributed by atoms with Gasteiger partial charge in [0.05, 0.1) is 5.69 Å². The lowest BCUT2D eigenvalue weighted by Crippen LogP contribution is -2.40. The van der Waals surface area contributed by atoms with Gasteiger partial charge < -0.3 is 10.0 Å². The first-order valence-corrected chi connectivity index (χ1v) is 6.96. The number of carboxylic acids is 1. The first-order valence-electron chi connectivity index (χ1n) is 6.19. The van der Waals surface area contributed by atoms with Gasteiger partial charge in [-0.2, -0.15) is 0 Å². The molecule has 1 aromatic heterocycles. The summed E-state index contributed by atoms with van der Waals surface area (Å²) < 4.78 is 3.85. The van der Waals surface area contributed by atoms with Crippen LogP contribution in [-0.4, -0.2) is 44.1 Å². The molecule has 19 heavy (non-hydrogen) atoms. The lowest BCUT2D eigenvalue weighted by atomic mass is 9.91. The molecule has 0 saturated carbocycles. The van der Waals surface area contributed by atoms with Crippen LogP contribution in [0, 0.1) is 0 Å². The number of hydrogen-bond donors (Lipinski definition) is 1. The summed E-state index contributed by atoms with van der Waals surface area (Å²) in [5.41, 5.74) is 0.356. The highest BCUT2D eigenvalue weighted by Crippen LogP contribution is 2.29. The van der Waals surface area contributed by atoms with Crippen molar-refractivity contribution >= 4 is 23.4 Å². The van der Waals surface area contributed by atoms with Gasteiger partial charge in [0.15, 0.2) is 0 Å². The number of amides is 1. The van der Waals surface area contributed by atoms with Crippen LogP contribution in [0.4, 0.5) is 0 Å². The van der Waals surface area contributed by atoms with E-state index in [1.165, 1.54) is 4.90 Å². The fourth-order valence-electron chi connectivity index (χ4n) is 2.22. The first-order chi connectivity index (χ1) is 8.82. The summed E-state index contributed by atoms with van der Waals surface area (Å²) in [5, 5.41) is 13.2. The fraction of sp³-hybridized carbons (Fsp3) is 0.667. The Morgan fingerprint density at radius 1 is 1.42 bits per heavy atom. The van der Waals surface area contributed by atoms with Gasteiger partial charge in [-0.15, -0.1) is 5.10 Å². The normalized spacial score (nSPS) is 19.7. The molecule has 2 rings (SSSR count). The maximum atomic E-state index is 12.5. The number of likely N-dealkylation sites (tertiary alicyclic amines) is 1. The molecule has 1 aromatic rings. The molecule has 6 nitrogen and oxygen atoms in total. The van der Waals surface area contributed by atoms with Crippen LogP contribution < -0.4 is 0 Å². The number of carboxylic acid groups (broad SMARTS) is 1. The zero-order valence-corrected chi connectivity index (χ0v) is 12.0. The van der Waals surface area contributed by atoms with E-state index in [1.54, 1.807) is 0 Å². The number of carbonyl (C=O) groups excluding carboxylic acids is 1. The average Bonchev–Trinajstić information content (AvgIpc) is 2.96. The van der Waals surface area contributed by atoms with Crippen molar-refractivity contribution in [3.05, 3.63) is 10.6 Å². The molecule has 104 valence electrons. The highest BCUT2D eigenvalue weighted by molar-refractivity contribution is 7.08. The second-order valence-corrected chi connectivity index (χ2v) is 6.45. The van der Waals surface area contributed by atoms with Gasteiger partial charge in [0.2, 0.25) is 0 Å². The van der Waals surface area contributed by atoms with Gasteiger partial charge in [-0.1, -0.05) is 25.3 Å². The number of hydrogen-bond acceptors (Lipinski definition) is 5. The Kier molecular flexibility index (Phi) is 3.58. The van der Waals surface area contributed by atoms with Gasteiger partial charge in [-0.05, 0) is 24.4 Å². The SMILES string of the molecule is CC(C)(C)c1nnsc1C(=O)N1CCC[C@H]1C(=O)O. The number of aliphatic carboxylic acids is 1. The van der Waals surface area contributed by atoms with Crippen LogP contribution in [0.15, 0.2) is 0 Å². The summed E-state index contributed by atoms with van der Waals surface area (Å²) in [6, 6.07) is -0.720. The van der Waals surface area contributed by atoms with Gasteiger partial charge in [0.25, 0.3) is 5.91 Å². The highest BCUT2D eigenvalue weighted by Gasteiger charge is 2.37. The van der Waals surface area contributed by atoms with Crippen molar-refractivity contribution < 1.29 is 14.7 Å². The van der Waals surface area contributed by atoms with Crippen LogP contribution >= 0.6 is 11.5 Å². The summed E-state index contributed by atoms with van der Waals surface area (Å²) >= 11 is 1.04. The van der Waals surface area contributed by atoms with E-state index < -0.39 is 12.0 Å². The lowest BCUT2D eigenvalue weighted by molar-refractivity contribution is -0.141. The monoisotopic (exact) mass is 283 g/mol. The minimum Gasteiger partial charge on any atom is -0.480 e. The molecule has 0 radical (unpaired) electrons. The molecular formula is C12H17N3O3S. The molecule has 1 aliphatic rings. The van der Waals surface area contributed by atoms with E-state index in [-0.39, 0.29) is 11.3 Å².